The predicted octanol–water partition coefficient (Wildman–Crippen LogP) is 2.67. The maximum atomic E-state index is 12.4. The number of fused-ring (bicyclic) bond motifs is 1. The number of carbonyl (C=O) groups is 2. The minimum Gasteiger partial charge on any atom is -0.320 e. The molecule has 10 heteroatoms. The van der Waals surface area contributed by atoms with Gasteiger partial charge in [-0.15, -0.1) is 24.5 Å². The number of ether oxygens (including phenoxy) is 1. The number of hydrogen-bond acceptors (Lipinski definition) is 5. The molecule has 0 N–H and O–H groups in total. The molecule has 2 rings (SSSR count). The number of amides is 1. The molecular weight excluding hydrogens is 365 g/mol. The molecule has 134 valence electrons. The number of thioether (sulfide) groups is 1. The van der Waals surface area contributed by atoms with Crippen molar-refractivity contribution in [3.63, 3.8) is 0 Å². The summed E-state index contributed by atoms with van der Waals surface area (Å²) in [4.78, 5) is 27.5. The lowest BCUT2D eigenvalue weighted by Gasteiger charge is -2.24. The Kier molecular flexibility index (Phi) is 6.27. The van der Waals surface area contributed by atoms with Crippen LogP contribution in [0.5, 0.6) is 0 Å². The fourth-order valence-corrected chi connectivity index (χ4v) is 4.42. The van der Waals surface area contributed by atoms with Gasteiger partial charge in [0, 0.05) is 43.1 Å². The summed E-state index contributed by atoms with van der Waals surface area (Å²) in [5, 5.41) is -0.0107. The molecule has 1 unspecified atom stereocenters. The number of hydrogen-bond donors (Lipinski definition) is 0. The lowest BCUT2D eigenvalue weighted by atomic mass is 10.00. The maximum Gasteiger partial charge on any atom is 0.522 e. The highest BCUT2D eigenvalue weighted by Gasteiger charge is 2.36. The molecule has 0 radical (unpaired) electrons. The minimum absolute atomic E-state index is 0.0107. The number of rotatable bonds is 4. The summed E-state index contributed by atoms with van der Waals surface area (Å²) < 4.78 is 43.1. The smallest absolute Gasteiger partial charge is 0.320 e. The van der Waals surface area contributed by atoms with Gasteiger partial charge in [-0.3, -0.25) is 14.3 Å². The molecule has 0 spiro atoms. The molecular formula is C14H17F3N2O3S2. The van der Waals surface area contributed by atoms with Gasteiger partial charge in [0.25, 0.3) is 0 Å². The van der Waals surface area contributed by atoms with Crippen LogP contribution in [0.25, 0.3) is 0 Å². The van der Waals surface area contributed by atoms with Crippen LogP contribution in [-0.4, -0.2) is 33.8 Å². The molecule has 0 aliphatic heterocycles. The van der Waals surface area contributed by atoms with Crippen molar-refractivity contribution >= 4 is 34.1 Å². The first kappa shape index (κ1) is 19.2. The van der Waals surface area contributed by atoms with E-state index < -0.39 is 12.5 Å². The van der Waals surface area contributed by atoms with Crippen molar-refractivity contribution in [2.45, 2.75) is 52.1 Å². The first-order valence-electron chi connectivity index (χ1n) is 7.30. The van der Waals surface area contributed by atoms with Crippen LogP contribution < -0.4 is 4.80 Å². The van der Waals surface area contributed by atoms with Gasteiger partial charge in [-0.05, 0) is 12.8 Å². The second kappa shape index (κ2) is 7.83. The molecule has 0 fully saturated rings. The molecule has 1 aromatic rings. The van der Waals surface area contributed by atoms with Crippen LogP contribution in [0, 0.1) is 0 Å². The molecule has 1 atom stereocenters. The van der Waals surface area contributed by atoms with E-state index in [4.69, 9.17) is 0 Å². The highest BCUT2D eigenvalue weighted by atomic mass is 32.2. The van der Waals surface area contributed by atoms with Gasteiger partial charge in [0.15, 0.2) is 9.92 Å². The number of carbonyl (C=O) groups excluding carboxylic acids is 2. The number of nitrogens with zero attached hydrogens (tertiary/aromatic N) is 2. The quantitative estimate of drug-likeness (QED) is 0.803. The van der Waals surface area contributed by atoms with Gasteiger partial charge in [-0.1, -0.05) is 11.8 Å². The summed E-state index contributed by atoms with van der Waals surface area (Å²) in [5.41, 5.74) is 0.881. The topological polar surface area (TPSA) is 60.7 Å². The molecule has 1 heterocycles. The molecule has 1 amide bonds. The van der Waals surface area contributed by atoms with E-state index in [1.165, 1.54) is 25.2 Å². The summed E-state index contributed by atoms with van der Waals surface area (Å²) >= 11 is 2.37. The summed E-state index contributed by atoms with van der Waals surface area (Å²) in [5.74, 6) is 0.149. The van der Waals surface area contributed by atoms with Crippen molar-refractivity contribution in [3.05, 3.63) is 15.4 Å². The van der Waals surface area contributed by atoms with Crippen LogP contribution in [-0.2, 0) is 33.7 Å². The van der Waals surface area contributed by atoms with Crippen LogP contribution in [0.3, 0.4) is 0 Å². The fourth-order valence-electron chi connectivity index (χ4n) is 2.55. The van der Waals surface area contributed by atoms with Gasteiger partial charge < -0.3 is 4.57 Å². The molecule has 5 nitrogen and oxygen atoms in total. The average molecular weight is 382 g/mol. The van der Waals surface area contributed by atoms with Crippen molar-refractivity contribution in [1.29, 1.82) is 0 Å². The minimum atomic E-state index is -4.65. The lowest BCUT2D eigenvalue weighted by Crippen LogP contribution is -2.30. The first-order chi connectivity index (χ1) is 11.2. The summed E-state index contributed by atoms with van der Waals surface area (Å²) in [6.45, 7) is 3.27. The SMILES string of the molecule is CC(=O)/N=c1\sc2c(n1CCSC(C)=O)CCC(OC(F)(F)F)C2. The Morgan fingerprint density at radius 2 is 2.12 bits per heavy atom. The third-order valence-corrected chi connectivity index (χ3v) is 5.32. The van der Waals surface area contributed by atoms with Gasteiger partial charge in [0.2, 0.25) is 5.91 Å². The number of aromatic nitrogens is 1. The van der Waals surface area contributed by atoms with Crippen molar-refractivity contribution < 1.29 is 27.5 Å². The van der Waals surface area contributed by atoms with Gasteiger partial charge in [-0.25, -0.2) is 0 Å². The Labute approximate surface area is 144 Å². The monoisotopic (exact) mass is 382 g/mol. The summed E-state index contributed by atoms with van der Waals surface area (Å²) in [7, 11) is 0. The van der Waals surface area contributed by atoms with Gasteiger partial charge >= 0.3 is 6.36 Å². The number of thiazole rings is 1. The molecule has 1 aromatic heterocycles. The van der Waals surface area contributed by atoms with Crippen LogP contribution >= 0.6 is 23.1 Å². The second-order valence-corrected chi connectivity index (χ2v) is 7.64. The molecule has 0 saturated carbocycles. The van der Waals surface area contributed by atoms with E-state index in [0.29, 0.717) is 23.5 Å². The lowest BCUT2D eigenvalue weighted by molar-refractivity contribution is -0.343. The van der Waals surface area contributed by atoms with E-state index in [0.717, 1.165) is 22.3 Å². The van der Waals surface area contributed by atoms with E-state index in [1.54, 1.807) is 0 Å². The van der Waals surface area contributed by atoms with Crippen LogP contribution in [0.1, 0.15) is 30.8 Å². The Morgan fingerprint density at radius 1 is 1.42 bits per heavy atom. The average Bonchev–Trinajstić information content (AvgIpc) is 2.73. The molecule has 0 saturated heterocycles. The summed E-state index contributed by atoms with van der Waals surface area (Å²) in [6, 6.07) is 0. The second-order valence-electron chi connectivity index (χ2n) is 5.31. The van der Waals surface area contributed by atoms with Gasteiger partial charge in [0.1, 0.15) is 0 Å². The third kappa shape index (κ3) is 5.45. The first-order valence-corrected chi connectivity index (χ1v) is 9.10. The van der Waals surface area contributed by atoms with E-state index >= 15 is 0 Å². The molecule has 24 heavy (non-hydrogen) atoms. The normalized spacial score (nSPS) is 18.5. The molecule has 0 aromatic carbocycles. The third-order valence-electron chi connectivity index (χ3n) is 3.38. The standard InChI is InChI=1S/C14H17F3N2O3S2/c1-8(20)18-13-19(5-6-23-9(2)21)11-4-3-10(7-12(11)24-13)22-14(15,16)17/h10H,3-7H2,1-2H3/b18-13-. The van der Waals surface area contributed by atoms with E-state index in [2.05, 4.69) is 9.73 Å². The number of halogens is 3. The zero-order valence-electron chi connectivity index (χ0n) is 13.2. The van der Waals surface area contributed by atoms with Gasteiger partial charge in [0.05, 0.1) is 6.10 Å². The van der Waals surface area contributed by atoms with Gasteiger partial charge in [-0.2, -0.15) is 4.99 Å². The van der Waals surface area contributed by atoms with Crippen LogP contribution in [0.15, 0.2) is 4.99 Å². The van der Waals surface area contributed by atoms with Crippen molar-refractivity contribution in [2.75, 3.05) is 5.75 Å². The predicted molar refractivity (Wildman–Crippen MR) is 84.6 cm³/mol. The summed E-state index contributed by atoms with van der Waals surface area (Å²) in [6.07, 6.45) is -4.75. The molecule has 0 bridgehead atoms. The highest BCUT2D eigenvalue weighted by molar-refractivity contribution is 8.13. The largest absolute Gasteiger partial charge is 0.522 e. The Bertz CT molecular complexity index is 694. The Morgan fingerprint density at radius 3 is 2.71 bits per heavy atom. The zero-order valence-corrected chi connectivity index (χ0v) is 14.8. The van der Waals surface area contributed by atoms with Crippen LogP contribution in [0.2, 0.25) is 0 Å². The number of alkyl halides is 3. The highest BCUT2D eigenvalue weighted by Crippen LogP contribution is 2.30. The zero-order chi connectivity index (χ0) is 17.9. The van der Waals surface area contributed by atoms with E-state index in [-0.39, 0.29) is 23.9 Å². The van der Waals surface area contributed by atoms with Crippen molar-refractivity contribution in [1.82, 2.24) is 4.57 Å². The Balaban J connectivity index is 2.25. The van der Waals surface area contributed by atoms with Crippen LogP contribution in [0.4, 0.5) is 13.2 Å². The fraction of sp³-hybridized carbons (Fsp3) is 0.643. The van der Waals surface area contributed by atoms with Crippen molar-refractivity contribution in [2.24, 2.45) is 4.99 Å². The van der Waals surface area contributed by atoms with Crippen molar-refractivity contribution in [3.8, 4) is 0 Å². The molecule has 1 aliphatic carbocycles. The maximum absolute atomic E-state index is 12.4. The van der Waals surface area contributed by atoms with E-state index in [9.17, 15) is 22.8 Å². The molecule has 1 aliphatic rings. The Hall–Kier alpha value is -1.13. The van der Waals surface area contributed by atoms with E-state index in [1.807, 2.05) is 4.57 Å².